The SMILES string of the molecule is O=C1CNc2cc(Cl)c(F)cc21. The van der Waals surface area contributed by atoms with E-state index in [1.807, 2.05) is 0 Å². The van der Waals surface area contributed by atoms with Crippen molar-refractivity contribution in [3.63, 3.8) is 0 Å². The van der Waals surface area contributed by atoms with Crippen molar-refractivity contribution in [3.05, 3.63) is 28.5 Å². The predicted octanol–water partition coefficient (Wildman–Crippen LogP) is 2.09. The zero-order chi connectivity index (χ0) is 8.72. The summed E-state index contributed by atoms with van der Waals surface area (Å²) in [6, 6.07) is 2.59. The number of carbonyl (C=O) groups excluding carboxylic acids is 1. The van der Waals surface area contributed by atoms with E-state index in [1.54, 1.807) is 0 Å². The van der Waals surface area contributed by atoms with E-state index in [0.717, 1.165) is 0 Å². The first-order chi connectivity index (χ1) is 5.68. The summed E-state index contributed by atoms with van der Waals surface area (Å²) in [4.78, 5) is 11.1. The highest BCUT2D eigenvalue weighted by Crippen LogP contribution is 2.27. The lowest BCUT2D eigenvalue weighted by Crippen LogP contribution is -2.00. The van der Waals surface area contributed by atoms with Gasteiger partial charge in [0.25, 0.3) is 0 Å². The molecule has 0 atom stereocenters. The number of fused-ring (bicyclic) bond motifs is 1. The fourth-order valence-electron chi connectivity index (χ4n) is 1.19. The van der Waals surface area contributed by atoms with Crippen molar-refractivity contribution in [2.75, 3.05) is 11.9 Å². The quantitative estimate of drug-likeness (QED) is 0.671. The summed E-state index contributed by atoms with van der Waals surface area (Å²) in [5.41, 5.74) is 1.00. The van der Waals surface area contributed by atoms with E-state index >= 15 is 0 Å². The van der Waals surface area contributed by atoms with Crippen LogP contribution >= 0.6 is 11.6 Å². The Kier molecular flexibility index (Phi) is 1.54. The number of hydrogen-bond donors (Lipinski definition) is 1. The lowest BCUT2D eigenvalue weighted by Gasteiger charge is -1.98. The highest BCUT2D eigenvalue weighted by atomic mass is 35.5. The van der Waals surface area contributed by atoms with Gasteiger partial charge in [-0.2, -0.15) is 0 Å². The average Bonchev–Trinajstić information content (AvgIpc) is 2.35. The van der Waals surface area contributed by atoms with Gasteiger partial charge in [0.05, 0.1) is 11.6 Å². The molecule has 62 valence electrons. The Balaban J connectivity index is 2.63. The maximum atomic E-state index is 12.8. The van der Waals surface area contributed by atoms with Gasteiger partial charge in [-0.25, -0.2) is 4.39 Å². The van der Waals surface area contributed by atoms with Crippen LogP contribution in [0.25, 0.3) is 0 Å². The van der Waals surface area contributed by atoms with Crippen molar-refractivity contribution in [2.24, 2.45) is 0 Å². The molecule has 0 fully saturated rings. The third kappa shape index (κ3) is 0.975. The van der Waals surface area contributed by atoms with E-state index in [9.17, 15) is 9.18 Å². The maximum Gasteiger partial charge on any atom is 0.184 e. The fraction of sp³-hybridized carbons (Fsp3) is 0.125. The number of ketones is 1. The van der Waals surface area contributed by atoms with Crippen LogP contribution in [0.1, 0.15) is 10.4 Å². The second-order valence-electron chi connectivity index (χ2n) is 2.59. The number of halogens is 2. The summed E-state index contributed by atoms with van der Waals surface area (Å²) in [5, 5.41) is 2.86. The van der Waals surface area contributed by atoms with Gasteiger partial charge in [0.2, 0.25) is 0 Å². The summed E-state index contributed by atoms with van der Waals surface area (Å²) in [5.74, 6) is -0.645. The predicted molar refractivity (Wildman–Crippen MR) is 44.2 cm³/mol. The molecule has 1 aromatic rings. The molecule has 2 nitrogen and oxygen atoms in total. The first-order valence-electron chi connectivity index (χ1n) is 3.44. The first kappa shape index (κ1) is 7.55. The molecule has 1 N–H and O–H groups in total. The fourth-order valence-corrected chi connectivity index (χ4v) is 1.36. The van der Waals surface area contributed by atoms with Crippen molar-refractivity contribution in [1.82, 2.24) is 0 Å². The molecule has 0 aromatic heterocycles. The molecular formula is C8H5ClFNO. The van der Waals surface area contributed by atoms with Gasteiger partial charge in [0.15, 0.2) is 5.78 Å². The molecule has 0 aliphatic carbocycles. The van der Waals surface area contributed by atoms with Crippen LogP contribution in [0.4, 0.5) is 10.1 Å². The normalized spacial score (nSPS) is 14.3. The van der Waals surface area contributed by atoms with Crippen LogP contribution in [-0.2, 0) is 0 Å². The van der Waals surface area contributed by atoms with E-state index in [-0.39, 0.29) is 17.4 Å². The van der Waals surface area contributed by atoms with E-state index in [1.165, 1.54) is 12.1 Å². The van der Waals surface area contributed by atoms with Gasteiger partial charge in [-0.05, 0) is 12.1 Å². The van der Waals surface area contributed by atoms with Crippen LogP contribution < -0.4 is 5.32 Å². The highest BCUT2D eigenvalue weighted by molar-refractivity contribution is 6.31. The molecule has 0 amide bonds. The van der Waals surface area contributed by atoms with Gasteiger partial charge in [-0.1, -0.05) is 11.6 Å². The van der Waals surface area contributed by atoms with Crippen molar-refractivity contribution in [3.8, 4) is 0 Å². The number of nitrogens with one attached hydrogen (secondary N) is 1. The second-order valence-corrected chi connectivity index (χ2v) is 3.00. The van der Waals surface area contributed by atoms with Crippen LogP contribution in [0.3, 0.4) is 0 Å². The van der Waals surface area contributed by atoms with Gasteiger partial charge in [-0.3, -0.25) is 4.79 Å². The third-order valence-corrected chi connectivity index (χ3v) is 2.09. The van der Waals surface area contributed by atoms with Gasteiger partial charge < -0.3 is 5.32 Å². The minimum absolute atomic E-state index is 0.0379. The molecule has 0 saturated heterocycles. The smallest absolute Gasteiger partial charge is 0.184 e. The number of benzene rings is 1. The van der Waals surface area contributed by atoms with E-state index in [0.29, 0.717) is 11.3 Å². The Bertz CT molecular complexity index is 364. The summed E-state index contributed by atoms with van der Waals surface area (Å²) < 4.78 is 12.8. The minimum atomic E-state index is -0.549. The standard InChI is InChI=1S/C8H5ClFNO/c9-5-2-7-4(1-6(5)10)8(12)3-11-7/h1-2,11H,3H2. The van der Waals surface area contributed by atoms with Crippen molar-refractivity contribution < 1.29 is 9.18 Å². The number of hydrogen-bond acceptors (Lipinski definition) is 2. The zero-order valence-corrected chi connectivity index (χ0v) is 6.78. The molecule has 4 heteroatoms. The van der Waals surface area contributed by atoms with E-state index < -0.39 is 5.82 Å². The van der Waals surface area contributed by atoms with Gasteiger partial charge in [0.1, 0.15) is 5.82 Å². The Morgan fingerprint density at radius 2 is 2.25 bits per heavy atom. The molecule has 0 saturated carbocycles. The van der Waals surface area contributed by atoms with E-state index in [4.69, 9.17) is 11.6 Å². The molecule has 12 heavy (non-hydrogen) atoms. The van der Waals surface area contributed by atoms with Crippen LogP contribution in [0.2, 0.25) is 5.02 Å². The Morgan fingerprint density at radius 1 is 1.50 bits per heavy atom. The van der Waals surface area contributed by atoms with Gasteiger partial charge in [0, 0.05) is 11.3 Å². The molecule has 1 aliphatic rings. The first-order valence-corrected chi connectivity index (χ1v) is 3.82. The molecular weight excluding hydrogens is 181 g/mol. The Hall–Kier alpha value is -1.09. The second kappa shape index (κ2) is 2.45. The Morgan fingerprint density at radius 3 is 3.00 bits per heavy atom. The molecule has 0 bridgehead atoms. The van der Waals surface area contributed by atoms with Crippen LogP contribution in [0, 0.1) is 5.82 Å². The number of rotatable bonds is 0. The summed E-state index contributed by atoms with van der Waals surface area (Å²) in [6.45, 7) is 0.231. The van der Waals surface area contributed by atoms with Gasteiger partial charge >= 0.3 is 0 Å². The van der Waals surface area contributed by atoms with Crippen molar-refractivity contribution in [2.45, 2.75) is 0 Å². The summed E-state index contributed by atoms with van der Waals surface area (Å²) in [7, 11) is 0. The monoisotopic (exact) mass is 185 g/mol. The van der Waals surface area contributed by atoms with Crippen molar-refractivity contribution in [1.29, 1.82) is 0 Å². The van der Waals surface area contributed by atoms with Gasteiger partial charge in [-0.15, -0.1) is 0 Å². The summed E-state index contributed by atoms with van der Waals surface area (Å²) >= 11 is 5.51. The summed E-state index contributed by atoms with van der Waals surface area (Å²) in [6.07, 6.45) is 0. The molecule has 2 rings (SSSR count). The molecule has 1 heterocycles. The largest absolute Gasteiger partial charge is 0.377 e. The topological polar surface area (TPSA) is 29.1 Å². The van der Waals surface area contributed by atoms with Crippen LogP contribution in [0.5, 0.6) is 0 Å². The Labute approximate surface area is 73.3 Å². The molecule has 0 unspecified atom stereocenters. The molecule has 1 aromatic carbocycles. The third-order valence-electron chi connectivity index (χ3n) is 1.80. The average molecular weight is 186 g/mol. The highest BCUT2D eigenvalue weighted by Gasteiger charge is 2.20. The number of Topliss-reactive ketones (excluding diaryl/α,β-unsaturated/α-hetero) is 1. The lowest BCUT2D eigenvalue weighted by molar-refractivity contribution is 0.101. The lowest BCUT2D eigenvalue weighted by atomic mass is 10.1. The maximum absolute atomic E-state index is 12.8. The number of carbonyl (C=O) groups is 1. The molecule has 0 spiro atoms. The van der Waals surface area contributed by atoms with Crippen LogP contribution in [-0.4, -0.2) is 12.3 Å². The minimum Gasteiger partial charge on any atom is -0.377 e. The molecule has 1 aliphatic heterocycles. The van der Waals surface area contributed by atoms with E-state index in [2.05, 4.69) is 5.32 Å². The van der Waals surface area contributed by atoms with Crippen LogP contribution in [0.15, 0.2) is 12.1 Å². The number of anilines is 1. The van der Waals surface area contributed by atoms with Crippen molar-refractivity contribution >= 4 is 23.1 Å². The molecule has 0 radical (unpaired) electrons. The zero-order valence-electron chi connectivity index (χ0n) is 6.03.